The van der Waals surface area contributed by atoms with Gasteiger partial charge in [0.05, 0.1) is 18.1 Å². The molecule has 0 unspecified atom stereocenters. The van der Waals surface area contributed by atoms with E-state index in [1.54, 1.807) is 18.2 Å². The van der Waals surface area contributed by atoms with Gasteiger partial charge < -0.3 is 14.6 Å². The van der Waals surface area contributed by atoms with E-state index in [2.05, 4.69) is 28.9 Å². The lowest BCUT2D eigenvalue weighted by Gasteiger charge is -2.26. The van der Waals surface area contributed by atoms with Gasteiger partial charge in [-0.25, -0.2) is 12.9 Å². The Morgan fingerprint density at radius 3 is 2.47 bits per heavy atom. The number of morpholine rings is 1. The van der Waals surface area contributed by atoms with Gasteiger partial charge in [-0.1, -0.05) is 78.4 Å². The zero-order valence-electron chi connectivity index (χ0n) is 24.9. The predicted octanol–water partition coefficient (Wildman–Crippen LogP) is 6.51. The van der Waals surface area contributed by atoms with Gasteiger partial charge >= 0.3 is 0 Å². The second-order valence-corrected chi connectivity index (χ2v) is 14.3. The largest absolute Gasteiger partial charge is 0.379 e. The van der Waals surface area contributed by atoms with E-state index >= 15 is 0 Å². The van der Waals surface area contributed by atoms with E-state index in [0.717, 1.165) is 65.2 Å². The normalized spacial score (nSPS) is 16.4. The molecule has 1 atom stereocenters. The van der Waals surface area contributed by atoms with Crippen LogP contribution in [0.25, 0.3) is 28.2 Å². The number of nitrogens with one attached hydrogen (secondary N) is 1. The van der Waals surface area contributed by atoms with Crippen molar-refractivity contribution in [2.75, 3.05) is 26.3 Å². The van der Waals surface area contributed by atoms with Crippen LogP contribution in [0, 0.1) is 0 Å². The summed E-state index contributed by atoms with van der Waals surface area (Å²) in [7, 11) is -3.67. The first-order valence-corrected chi connectivity index (χ1v) is 17.5. The van der Waals surface area contributed by atoms with Gasteiger partial charge in [-0.15, -0.1) is 5.10 Å². The molecule has 0 amide bonds. The van der Waals surface area contributed by atoms with E-state index in [1.807, 2.05) is 53.0 Å². The third-order valence-electron chi connectivity index (χ3n) is 8.68. The van der Waals surface area contributed by atoms with E-state index in [4.69, 9.17) is 33.7 Å². The minimum atomic E-state index is -3.67. The van der Waals surface area contributed by atoms with E-state index in [9.17, 15) is 8.42 Å². The maximum Gasteiger partial charge on any atom is 0.243 e. The molecule has 11 heteroatoms. The molecular formula is C34H34ClN5O3S2. The first kappa shape index (κ1) is 30.1. The second kappa shape index (κ2) is 12.3. The molecule has 45 heavy (non-hydrogen) atoms. The Labute approximate surface area is 273 Å². The summed E-state index contributed by atoms with van der Waals surface area (Å²) in [5, 5.41) is 9.44. The van der Waals surface area contributed by atoms with Crippen LogP contribution in [-0.2, 0) is 27.7 Å². The highest BCUT2D eigenvalue weighted by Crippen LogP contribution is 2.39. The van der Waals surface area contributed by atoms with Crippen LogP contribution in [0.3, 0.4) is 0 Å². The fourth-order valence-electron chi connectivity index (χ4n) is 6.41. The molecule has 7 rings (SSSR count). The maximum absolute atomic E-state index is 13.6. The number of benzene rings is 3. The number of aromatic nitrogens is 3. The van der Waals surface area contributed by atoms with E-state index in [0.29, 0.717) is 36.3 Å². The minimum absolute atomic E-state index is 0.0256. The summed E-state index contributed by atoms with van der Waals surface area (Å²) in [5.74, 6) is 0.718. The van der Waals surface area contributed by atoms with Crippen LogP contribution in [0.2, 0.25) is 5.02 Å². The topological polar surface area (TPSA) is 80.9 Å². The monoisotopic (exact) mass is 659 g/mol. The molecule has 5 aromatic rings. The Bertz CT molecular complexity index is 1980. The van der Waals surface area contributed by atoms with Crippen molar-refractivity contribution in [2.24, 2.45) is 0 Å². The number of thiocarbonyl (C=S) groups is 1. The molecule has 0 saturated carbocycles. The van der Waals surface area contributed by atoms with Crippen molar-refractivity contribution in [3.63, 3.8) is 0 Å². The summed E-state index contributed by atoms with van der Waals surface area (Å²) in [5.41, 5.74) is 6.94. The zero-order chi connectivity index (χ0) is 31.1. The number of rotatable bonds is 7. The van der Waals surface area contributed by atoms with Crippen LogP contribution in [0.5, 0.6) is 0 Å². The highest BCUT2D eigenvalue weighted by Gasteiger charge is 2.31. The number of sulfonamides is 1. The smallest absolute Gasteiger partial charge is 0.243 e. The summed E-state index contributed by atoms with van der Waals surface area (Å²) in [6, 6.07) is 25.2. The predicted molar refractivity (Wildman–Crippen MR) is 181 cm³/mol. The van der Waals surface area contributed by atoms with Crippen molar-refractivity contribution in [2.45, 2.75) is 43.7 Å². The molecule has 1 fully saturated rings. The zero-order valence-corrected chi connectivity index (χ0v) is 27.3. The van der Waals surface area contributed by atoms with Crippen LogP contribution in [0.15, 0.2) is 83.8 Å². The fraction of sp³-hybridized carbons (Fsp3) is 0.294. The summed E-state index contributed by atoms with van der Waals surface area (Å²) in [4.78, 5) is 0.852. The molecule has 0 radical (unpaired) electrons. The van der Waals surface area contributed by atoms with Gasteiger partial charge in [0.2, 0.25) is 10.0 Å². The average Bonchev–Trinajstić information content (AvgIpc) is 3.49. The van der Waals surface area contributed by atoms with Crippen LogP contribution in [0.4, 0.5) is 0 Å². The molecule has 1 saturated heterocycles. The Balaban J connectivity index is 1.39. The van der Waals surface area contributed by atoms with Crippen LogP contribution < -0.4 is 5.32 Å². The molecule has 2 aromatic heterocycles. The maximum atomic E-state index is 13.6. The van der Waals surface area contributed by atoms with Crippen molar-refractivity contribution in [1.29, 1.82) is 0 Å². The average molecular weight is 660 g/mol. The van der Waals surface area contributed by atoms with Crippen LogP contribution in [0.1, 0.15) is 42.6 Å². The SMILES string of the molecule is C[C@H](NC(=S)c1c(-c2ccc(Cl)cc2)c2c3n(c(-c4cccc(S(=O)(=O)N5CCOCC5)c4)nn13)CCCC2)c1ccccc1. The Hall–Kier alpha value is -3.54. The van der Waals surface area contributed by atoms with Crippen LogP contribution >= 0.6 is 23.8 Å². The molecule has 0 bridgehead atoms. The molecule has 3 aromatic carbocycles. The van der Waals surface area contributed by atoms with Gasteiger partial charge in [-0.3, -0.25) is 0 Å². The molecule has 4 heterocycles. The van der Waals surface area contributed by atoms with Gasteiger partial charge in [0.15, 0.2) is 5.82 Å². The van der Waals surface area contributed by atoms with Gasteiger partial charge in [0, 0.05) is 47.4 Å². The molecule has 1 N–H and O–H groups in total. The number of halogens is 1. The Morgan fingerprint density at radius 2 is 1.71 bits per heavy atom. The number of nitrogens with zero attached hydrogens (tertiary/aromatic N) is 4. The quantitative estimate of drug-likeness (QED) is 0.201. The molecule has 232 valence electrons. The van der Waals surface area contributed by atoms with Crippen molar-refractivity contribution in [3.8, 4) is 22.5 Å². The lowest BCUT2D eigenvalue weighted by molar-refractivity contribution is 0.0730. The van der Waals surface area contributed by atoms with Crippen LogP contribution in [-0.4, -0.2) is 58.2 Å². The Kier molecular flexibility index (Phi) is 8.26. The molecule has 0 aliphatic carbocycles. The van der Waals surface area contributed by atoms with Gasteiger partial charge in [-0.05, 0) is 61.6 Å². The number of hydrogen-bond acceptors (Lipinski definition) is 5. The van der Waals surface area contributed by atoms with Crippen molar-refractivity contribution in [3.05, 3.63) is 101 Å². The summed E-state index contributed by atoms with van der Waals surface area (Å²) in [6.07, 6.45) is 2.85. The van der Waals surface area contributed by atoms with Gasteiger partial charge in [-0.2, -0.15) is 4.31 Å². The first-order valence-electron chi connectivity index (χ1n) is 15.3. The number of aryl methyl sites for hydroxylation is 2. The van der Waals surface area contributed by atoms with E-state index < -0.39 is 10.0 Å². The standard InChI is InChI=1S/C34H34ClN5O3S2/c1-23(24-8-3-2-4-9-24)36-33(44)31-30(25-13-15-27(35)16-14-25)29-12-5-6-17-39-32(37-40(31)34(29)39)26-10-7-11-28(22-26)45(41,42)38-18-20-43-21-19-38/h2-4,7-11,13-16,22-23H,5-6,12,17-21H2,1H3,(H,36,44)/t23-/m0/s1. The van der Waals surface area contributed by atoms with Crippen molar-refractivity contribution >= 4 is 44.5 Å². The van der Waals surface area contributed by atoms with Crippen molar-refractivity contribution < 1.29 is 13.2 Å². The lowest BCUT2D eigenvalue weighted by Crippen LogP contribution is -2.40. The molecule has 8 nitrogen and oxygen atoms in total. The van der Waals surface area contributed by atoms with Crippen molar-refractivity contribution in [1.82, 2.24) is 23.8 Å². The summed E-state index contributed by atoms with van der Waals surface area (Å²) < 4.78 is 38.2. The Morgan fingerprint density at radius 1 is 0.956 bits per heavy atom. The summed E-state index contributed by atoms with van der Waals surface area (Å²) >= 11 is 12.5. The third-order valence-corrected chi connectivity index (χ3v) is 11.1. The van der Waals surface area contributed by atoms with Gasteiger partial charge in [0.1, 0.15) is 16.3 Å². The molecule has 0 spiro atoms. The first-order chi connectivity index (χ1) is 21.8. The highest BCUT2D eigenvalue weighted by molar-refractivity contribution is 7.89. The van der Waals surface area contributed by atoms with E-state index in [-0.39, 0.29) is 10.9 Å². The third kappa shape index (κ3) is 5.59. The number of ether oxygens (including phenoxy) is 1. The molecular weight excluding hydrogens is 626 g/mol. The highest BCUT2D eigenvalue weighted by atomic mass is 35.5. The van der Waals surface area contributed by atoms with Gasteiger partial charge in [0.25, 0.3) is 0 Å². The number of hydrogen-bond donors (Lipinski definition) is 1. The summed E-state index contributed by atoms with van der Waals surface area (Å²) in [6.45, 7) is 4.34. The lowest BCUT2D eigenvalue weighted by atomic mass is 9.98. The molecule has 2 aliphatic heterocycles. The minimum Gasteiger partial charge on any atom is -0.379 e. The fourth-order valence-corrected chi connectivity index (χ4v) is 8.36. The van der Waals surface area contributed by atoms with E-state index in [1.165, 1.54) is 9.87 Å². The second-order valence-electron chi connectivity index (χ2n) is 11.5. The molecule has 2 aliphatic rings.